The molecular weight excluding hydrogens is 120 g/mol. The molecule has 44 valence electrons. The first-order valence-electron chi connectivity index (χ1n) is 2.62. The van der Waals surface area contributed by atoms with Gasteiger partial charge in [-0.2, -0.15) is 0 Å². The van der Waals surface area contributed by atoms with Gasteiger partial charge in [-0.1, -0.05) is 6.92 Å². The van der Waals surface area contributed by atoms with Crippen molar-refractivity contribution in [2.45, 2.75) is 20.3 Å². The molecule has 0 aliphatic carbocycles. The highest BCUT2D eigenvalue weighted by atomic mass is 32.1. The second kappa shape index (κ2) is 2.22. The highest BCUT2D eigenvalue weighted by Crippen LogP contribution is 2.06. The van der Waals surface area contributed by atoms with E-state index >= 15 is 0 Å². The predicted octanol–water partition coefficient (Wildman–Crippen LogP) is 1.41. The van der Waals surface area contributed by atoms with Crippen molar-refractivity contribution in [1.29, 1.82) is 0 Å². The maximum atomic E-state index is 3.90. The van der Waals surface area contributed by atoms with E-state index in [0.717, 1.165) is 16.4 Å². The van der Waals surface area contributed by atoms with E-state index in [4.69, 9.17) is 0 Å². The van der Waals surface area contributed by atoms with E-state index in [-0.39, 0.29) is 0 Å². The molecule has 0 atom stereocenters. The Bertz CT molecular complexity index is 171. The lowest BCUT2D eigenvalue weighted by Crippen LogP contribution is -1.74. The van der Waals surface area contributed by atoms with E-state index in [1.54, 1.807) is 11.3 Å². The first-order valence-corrected chi connectivity index (χ1v) is 3.43. The Morgan fingerprint density at radius 2 is 2.25 bits per heavy atom. The van der Waals surface area contributed by atoms with Crippen LogP contribution in [0.25, 0.3) is 0 Å². The van der Waals surface area contributed by atoms with Gasteiger partial charge in [0.15, 0.2) is 0 Å². The van der Waals surface area contributed by atoms with Crippen LogP contribution in [0.15, 0.2) is 0 Å². The molecule has 1 aromatic heterocycles. The Hall–Kier alpha value is -0.440. The minimum atomic E-state index is 1.01. The van der Waals surface area contributed by atoms with E-state index in [1.165, 1.54) is 0 Å². The summed E-state index contributed by atoms with van der Waals surface area (Å²) in [5.41, 5.74) is 0. The molecule has 0 radical (unpaired) electrons. The zero-order valence-corrected chi connectivity index (χ0v) is 5.83. The van der Waals surface area contributed by atoms with Crippen molar-refractivity contribution in [3.63, 3.8) is 0 Å². The number of rotatable bonds is 1. The van der Waals surface area contributed by atoms with Gasteiger partial charge in [0.05, 0.1) is 0 Å². The molecule has 1 aromatic rings. The van der Waals surface area contributed by atoms with Gasteiger partial charge in [-0.25, -0.2) is 0 Å². The second-order valence-electron chi connectivity index (χ2n) is 1.57. The number of hydrogen-bond acceptors (Lipinski definition) is 3. The molecule has 3 heteroatoms. The van der Waals surface area contributed by atoms with Crippen LogP contribution in [-0.4, -0.2) is 10.2 Å². The van der Waals surface area contributed by atoms with E-state index in [9.17, 15) is 0 Å². The van der Waals surface area contributed by atoms with Crippen LogP contribution in [0.1, 0.15) is 16.9 Å². The zero-order valence-electron chi connectivity index (χ0n) is 5.01. The minimum absolute atomic E-state index is 1.01. The summed E-state index contributed by atoms with van der Waals surface area (Å²) in [6, 6.07) is 0. The van der Waals surface area contributed by atoms with Crippen molar-refractivity contribution >= 4 is 11.3 Å². The van der Waals surface area contributed by atoms with Gasteiger partial charge in [-0.3, -0.25) is 0 Å². The number of aromatic nitrogens is 2. The standard InChI is InChI=1S/C5H8N2S/c1-3-5-7-6-4(2)8-5/h3H2,1-2H3. The highest BCUT2D eigenvalue weighted by Gasteiger charge is 1.93. The molecule has 0 N–H and O–H groups in total. The van der Waals surface area contributed by atoms with Crippen molar-refractivity contribution in [3.8, 4) is 0 Å². The van der Waals surface area contributed by atoms with E-state index in [2.05, 4.69) is 17.1 Å². The monoisotopic (exact) mass is 128 g/mol. The fraction of sp³-hybridized carbons (Fsp3) is 0.600. The third-order valence-corrected chi connectivity index (χ3v) is 1.85. The molecule has 0 bridgehead atoms. The maximum absolute atomic E-state index is 3.90. The lowest BCUT2D eigenvalue weighted by molar-refractivity contribution is 0.966. The van der Waals surface area contributed by atoms with Crippen molar-refractivity contribution in [2.24, 2.45) is 0 Å². The molecule has 0 spiro atoms. The molecule has 0 saturated carbocycles. The van der Waals surface area contributed by atoms with Crippen LogP contribution in [0.3, 0.4) is 0 Å². The van der Waals surface area contributed by atoms with Gasteiger partial charge in [0.2, 0.25) is 0 Å². The molecule has 0 unspecified atom stereocenters. The predicted molar refractivity (Wildman–Crippen MR) is 34.0 cm³/mol. The average molecular weight is 128 g/mol. The van der Waals surface area contributed by atoms with Crippen LogP contribution in [0.2, 0.25) is 0 Å². The van der Waals surface area contributed by atoms with Gasteiger partial charge in [-0.15, -0.1) is 21.5 Å². The molecular formula is C5H8N2S. The summed E-state index contributed by atoms with van der Waals surface area (Å²) in [5, 5.41) is 9.94. The number of nitrogens with zero attached hydrogens (tertiary/aromatic N) is 2. The summed E-state index contributed by atoms with van der Waals surface area (Å²) in [7, 11) is 0. The van der Waals surface area contributed by atoms with Crippen molar-refractivity contribution in [3.05, 3.63) is 10.0 Å². The van der Waals surface area contributed by atoms with Crippen LogP contribution >= 0.6 is 11.3 Å². The Labute approximate surface area is 52.6 Å². The summed E-state index contributed by atoms with van der Waals surface area (Å²) in [6.45, 7) is 4.05. The van der Waals surface area contributed by atoms with Crippen LogP contribution < -0.4 is 0 Å². The van der Waals surface area contributed by atoms with Gasteiger partial charge in [0.25, 0.3) is 0 Å². The molecule has 2 nitrogen and oxygen atoms in total. The Kier molecular flexibility index (Phi) is 1.58. The highest BCUT2D eigenvalue weighted by molar-refractivity contribution is 7.11. The normalized spacial score (nSPS) is 9.75. The molecule has 1 heterocycles. The molecule has 1 rings (SSSR count). The zero-order chi connectivity index (χ0) is 5.98. The topological polar surface area (TPSA) is 25.8 Å². The number of aryl methyl sites for hydroxylation is 2. The summed E-state index contributed by atoms with van der Waals surface area (Å²) in [6.07, 6.45) is 1.01. The summed E-state index contributed by atoms with van der Waals surface area (Å²) in [5.74, 6) is 0. The van der Waals surface area contributed by atoms with Crippen LogP contribution in [0.4, 0.5) is 0 Å². The Morgan fingerprint density at radius 1 is 1.50 bits per heavy atom. The first kappa shape index (κ1) is 5.69. The fourth-order valence-corrected chi connectivity index (χ4v) is 1.13. The third kappa shape index (κ3) is 1.04. The second-order valence-corrected chi connectivity index (χ2v) is 2.83. The van der Waals surface area contributed by atoms with Gasteiger partial charge >= 0.3 is 0 Å². The molecule has 0 fully saturated rings. The average Bonchev–Trinajstić information content (AvgIpc) is 2.14. The molecule has 0 amide bonds. The Morgan fingerprint density at radius 3 is 2.50 bits per heavy atom. The van der Waals surface area contributed by atoms with Crippen LogP contribution in [0, 0.1) is 6.92 Å². The molecule has 8 heavy (non-hydrogen) atoms. The fourth-order valence-electron chi connectivity index (χ4n) is 0.480. The summed E-state index contributed by atoms with van der Waals surface area (Å²) < 4.78 is 0. The Balaban J connectivity index is 2.84. The van der Waals surface area contributed by atoms with Gasteiger partial charge < -0.3 is 0 Å². The quantitative estimate of drug-likeness (QED) is 0.571. The van der Waals surface area contributed by atoms with Gasteiger partial charge in [0.1, 0.15) is 10.0 Å². The van der Waals surface area contributed by atoms with Gasteiger partial charge in [0, 0.05) is 0 Å². The molecule has 0 aliphatic rings. The molecule has 0 aromatic carbocycles. The van der Waals surface area contributed by atoms with Gasteiger partial charge in [-0.05, 0) is 13.3 Å². The van der Waals surface area contributed by atoms with Crippen LogP contribution in [0.5, 0.6) is 0 Å². The van der Waals surface area contributed by atoms with Crippen molar-refractivity contribution in [2.75, 3.05) is 0 Å². The van der Waals surface area contributed by atoms with E-state index in [1.807, 2.05) is 6.92 Å². The minimum Gasteiger partial charge on any atom is -0.144 e. The lowest BCUT2D eigenvalue weighted by Gasteiger charge is -1.75. The third-order valence-electron chi connectivity index (χ3n) is 0.870. The first-order chi connectivity index (χ1) is 3.83. The maximum Gasteiger partial charge on any atom is 0.117 e. The largest absolute Gasteiger partial charge is 0.144 e. The summed E-state index contributed by atoms with van der Waals surface area (Å²) >= 11 is 1.67. The van der Waals surface area contributed by atoms with E-state index in [0.29, 0.717) is 0 Å². The smallest absolute Gasteiger partial charge is 0.117 e. The van der Waals surface area contributed by atoms with E-state index < -0.39 is 0 Å². The summed E-state index contributed by atoms with van der Waals surface area (Å²) in [4.78, 5) is 0. The number of hydrogen-bond donors (Lipinski definition) is 0. The SMILES string of the molecule is CCc1nnc(C)s1. The molecule has 0 aliphatic heterocycles. The van der Waals surface area contributed by atoms with Crippen LogP contribution in [-0.2, 0) is 6.42 Å². The lowest BCUT2D eigenvalue weighted by atomic mass is 10.5. The van der Waals surface area contributed by atoms with Crippen molar-refractivity contribution in [1.82, 2.24) is 10.2 Å². The van der Waals surface area contributed by atoms with Crippen molar-refractivity contribution < 1.29 is 0 Å². The molecule has 0 saturated heterocycles.